The van der Waals surface area contributed by atoms with Crippen molar-refractivity contribution in [1.29, 1.82) is 5.26 Å². The first kappa shape index (κ1) is 22.7. The Hall–Kier alpha value is -3.02. The summed E-state index contributed by atoms with van der Waals surface area (Å²) in [6.07, 6.45) is -3.50. The molecule has 1 saturated carbocycles. The summed E-state index contributed by atoms with van der Waals surface area (Å²) in [5.41, 5.74) is 1.60. The van der Waals surface area contributed by atoms with Crippen molar-refractivity contribution in [3.05, 3.63) is 35.7 Å². The van der Waals surface area contributed by atoms with E-state index < -0.39 is 29.8 Å². The van der Waals surface area contributed by atoms with Gasteiger partial charge < -0.3 is 15.1 Å². The van der Waals surface area contributed by atoms with Gasteiger partial charge in [-0.3, -0.25) is 9.59 Å². The van der Waals surface area contributed by atoms with Crippen molar-refractivity contribution in [2.45, 2.75) is 50.7 Å². The fraction of sp³-hybridized carbons (Fsp3) is 0.500. The fourth-order valence-electron chi connectivity index (χ4n) is 4.38. The molecular weight excluding hydrogens is 409 g/mol. The molecule has 2 atom stereocenters. The average molecular weight is 434 g/mol. The van der Waals surface area contributed by atoms with Crippen LogP contribution in [0.5, 0.6) is 0 Å². The Kier molecular flexibility index (Phi) is 6.58. The monoisotopic (exact) mass is 434 g/mol. The zero-order chi connectivity index (χ0) is 22.8. The Morgan fingerprint density at radius 3 is 2.23 bits per heavy atom. The minimum absolute atomic E-state index is 0.00269. The van der Waals surface area contributed by atoms with E-state index in [2.05, 4.69) is 5.32 Å². The standard InChI is InChI=1S/C22H25F3N4O2/c1-28-17-9-5-6-10-18(17)29(2)21(28)14(13-26)19(30)11-12-20(31)27-16-8-4-3-7-15(16)22(23,24)25/h5-6,9-10,15-16H,3-4,7-8,11-12H2,1-2H3,(H,27,31). The molecule has 9 heteroatoms. The van der Waals surface area contributed by atoms with Gasteiger partial charge in [0.05, 0.1) is 17.3 Å². The topological polar surface area (TPSA) is 76.4 Å². The van der Waals surface area contributed by atoms with Crippen molar-refractivity contribution >= 4 is 23.1 Å². The second kappa shape index (κ2) is 9.00. The lowest BCUT2D eigenvalue weighted by Crippen LogP contribution is -2.47. The van der Waals surface area contributed by atoms with Gasteiger partial charge in [0.15, 0.2) is 5.78 Å². The normalized spacial score (nSPS) is 20.8. The summed E-state index contributed by atoms with van der Waals surface area (Å²) >= 11 is 0. The van der Waals surface area contributed by atoms with Crippen LogP contribution in [0.3, 0.4) is 0 Å². The zero-order valence-electron chi connectivity index (χ0n) is 17.5. The number of ketones is 1. The molecule has 0 radical (unpaired) electrons. The number of hydrogen-bond donors (Lipinski definition) is 1. The van der Waals surface area contributed by atoms with E-state index in [0.29, 0.717) is 18.7 Å². The van der Waals surface area contributed by atoms with Crippen LogP contribution in [-0.2, 0) is 9.59 Å². The summed E-state index contributed by atoms with van der Waals surface area (Å²) in [5, 5.41) is 12.1. The minimum atomic E-state index is -4.36. The number of nitrogens with zero attached hydrogens (tertiary/aromatic N) is 3. The number of amides is 1. The van der Waals surface area contributed by atoms with E-state index in [-0.39, 0.29) is 31.3 Å². The molecule has 6 nitrogen and oxygen atoms in total. The number of anilines is 2. The summed E-state index contributed by atoms with van der Waals surface area (Å²) < 4.78 is 39.6. The molecule has 1 aliphatic carbocycles. The van der Waals surface area contributed by atoms with Crippen LogP contribution in [0.15, 0.2) is 35.7 Å². The van der Waals surface area contributed by atoms with Crippen molar-refractivity contribution in [2.75, 3.05) is 23.9 Å². The first-order valence-electron chi connectivity index (χ1n) is 10.2. The Bertz CT molecular complexity index is 904. The molecule has 31 heavy (non-hydrogen) atoms. The third-order valence-electron chi connectivity index (χ3n) is 5.97. The number of fused-ring (bicyclic) bond motifs is 1. The maximum absolute atomic E-state index is 13.2. The van der Waals surface area contributed by atoms with E-state index in [0.717, 1.165) is 11.4 Å². The molecule has 1 aromatic carbocycles. The van der Waals surface area contributed by atoms with E-state index in [4.69, 9.17) is 0 Å². The second-order valence-corrected chi connectivity index (χ2v) is 7.95. The first-order valence-corrected chi connectivity index (χ1v) is 10.2. The van der Waals surface area contributed by atoms with Crippen molar-refractivity contribution in [1.82, 2.24) is 5.32 Å². The number of carbonyl (C=O) groups excluding carboxylic acids is 2. The quantitative estimate of drug-likeness (QED) is 0.562. The number of nitrogens with one attached hydrogen (secondary N) is 1. The smallest absolute Gasteiger partial charge is 0.353 e. The van der Waals surface area contributed by atoms with Crippen LogP contribution in [0.25, 0.3) is 0 Å². The van der Waals surface area contributed by atoms with Crippen molar-refractivity contribution < 1.29 is 22.8 Å². The number of carbonyl (C=O) groups is 2. The molecule has 1 aromatic rings. The van der Waals surface area contributed by atoms with Gasteiger partial charge in [-0.25, -0.2) is 0 Å². The predicted octanol–water partition coefficient (Wildman–Crippen LogP) is 3.89. The number of alkyl halides is 3. The van der Waals surface area contributed by atoms with E-state index in [1.54, 1.807) is 23.9 Å². The lowest BCUT2D eigenvalue weighted by atomic mass is 9.84. The third-order valence-corrected chi connectivity index (χ3v) is 5.97. The molecule has 2 unspecified atom stereocenters. The maximum atomic E-state index is 13.2. The highest BCUT2D eigenvalue weighted by atomic mass is 19.4. The molecular formula is C22H25F3N4O2. The van der Waals surface area contributed by atoms with Gasteiger partial charge in [0.1, 0.15) is 17.5 Å². The molecule has 1 aliphatic heterocycles. The van der Waals surface area contributed by atoms with Gasteiger partial charge in [0, 0.05) is 33.0 Å². The van der Waals surface area contributed by atoms with E-state index in [9.17, 15) is 28.0 Å². The zero-order valence-corrected chi connectivity index (χ0v) is 17.5. The molecule has 166 valence electrons. The molecule has 0 spiro atoms. The Labute approximate surface area is 179 Å². The van der Waals surface area contributed by atoms with Crippen LogP contribution in [0.2, 0.25) is 0 Å². The number of benzene rings is 1. The van der Waals surface area contributed by atoms with Crippen LogP contribution < -0.4 is 15.1 Å². The number of hydrogen-bond acceptors (Lipinski definition) is 5. The van der Waals surface area contributed by atoms with E-state index in [1.165, 1.54) is 0 Å². The molecule has 1 heterocycles. The van der Waals surface area contributed by atoms with Gasteiger partial charge in [-0.1, -0.05) is 25.0 Å². The molecule has 1 fully saturated rings. The highest BCUT2D eigenvalue weighted by Gasteiger charge is 2.46. The summed E-state index contributed by atoms with van der Waals surface area (Å²) in [6, 6.07) is 8.41. The summed E-state index contributed by atoms with van der Waals surface area (Å²) in [4.78, 5) is 28.5. The maximum Gasteiger partial charge on any atom is 0.393 e. The van der Waals surface area contributed by atoms with Gasteiger partial charge in [0.25, 0.3) is 0 Å². The van der Waals surface area contributed by atoms with Gasteiger partial charge in [-0.15, -0.1) is 0 Å². The fourth-order valence-corrected chi connectivity index (χ4v) is 4.38. The van der Waals surface area contributed by atoms with Crippen molar-refractivity contribution in [3.8, 4) is 6.07 Å². The Balaban J connectivity index is 1.67. The first-order chi connectivity index (χ1) is 14.6. The third kappa shape index (κ3) is 4.68. The molecule has 3 rings (SSSR count). The predicted molar refractivity (Wildman–Crippen MR) is 110 cm³/mol. The van der Waals surface area contributed by atoms with Crippen molar-refractivity contribution in [3.63, 3.8) is 0 Å². The van der Waals surface area contributed by atoms with Crippen LogP contribution >= 0.6 is 0 Å². The van der Waals surface area contributed by atoms with E-state index in [1.807, 2.05) is 30.3 Å². The summed E-state index contributed by atoms with van der Waals surface area (Å²) in [5.74, 6) is -2.26. The number of nitriles is 1. The van der Waals surface area contributed by atoms with E-state index >= 15 is 0 Å². The second-order valence-electron chi connectivity index (χ2n) is 7.95. The molecule has 0 aromatic heterocycles. The highest BCUT2D eigenvalue weighted by molar-refractivity contribution is 6.03. The lowest BCUT2D eigenvalue weighted by Gasteiger charge is -2.33. The number of para-hydroxylation sites is 2. The van der Waals surface area contributed by atoms with Crippen molar-refractivity contribution in [2.24, 2.45) is 5.92 Å². The summed E-state index contributed by atoms with van der Waals surface area (Å²) in [7, 11) is 3.49. The molecule has 0 saturated heterocycles. The Morgan fingerprint density at radius 2 is 1.68 bits per heavy atom. The number of rotatable bonds is 5. The average Bonchev–Trinajstić information content (AvgIpc) is 2.98. The number of halogens is 3. The Morgan fingerprint density at radius 1 is 1.10 bits per heavy atom. The highest BCUT2D eigenvalue weighted by Crippen LogP contribution is 2.40. The largest absolute Gasteiger partial charge is 0.393 e. The lowest BCUT2D eigenvalue weighted by molar-refractivity contribution is -0.189. The molecule has 1 N–H and O–H groups in total. The van der Waals surface area contributed by atoms with Gasteiger partial charge in [-0.2, -0.15) is 18.4 Å². The molecule has 2 aliphatic rings. The molecule has 0 bridgehead atoms. The van der Waals surface area contributed by atoms with Crippen LogP contribution in [0.1, 0.15) is 38.5 Å². The SMILES string of the molecule is CN1C(=C(C#N)C(=O)CCC(=O)NC2CCCCC2C(F)(F)F)N(C)c2ccccc21. The van der Waals surface area contributed by atoms with Gasteiger partial charge in [0.2, 0.25) is 5.91 Å². The van der Waals surface area contributed by atoms with Gasteiger partial charge in [-0.05, 0) is 25.0 Å². The summed E-state index contributed by atoms with van der Waals surface area (Å²) in [6.45, 7) is 0. The molecule has 1 amide bonds. The van der Waals surface area contributed by atoms with Crippen LogP contribution in [0, 0.1) is 17.2 Å². The minimum Gasteiger partial charge on any atom is -0.353 e. The number of allylic oxidation sites excluding steroid dienone is 1. The van der Waals surface area contributed by atoms with Gasteiger partial charge >= 0.3 is 6.18 Å². The number of Topliss-reactive ketones (excluding diaryl/α,β-unsaturated/α-hetero) is 1. The van der Waals surface area contributed by atoms with Crippen LogP contribution in [0.4, 0.5) is 24.5 Å². The van der Waals surface area contributed by atoms with Crippen LogP contribution in [-0.4, -0.2) is 38.0 Å².